The van der Waals surface area contributed by atoms with Gasteiger partial charge in [0, 0.05) is 11.6 Å². The zero-order chi connectivity index (χ0) is 17.3. The molecule has 0 saturated heterocycles. The van der Waals surface area contributed by atoms with E-state index in [0.717, 1.165) is 0 Å². The molecule has 1 atom stereocenters. The highest BCUT2D eigenvalue weighted by Crippen LogP contribution is 2.34. The maximum Gasteiger partial charge on any atom is 0.335 e. The summed E-state index contributed by atoms with van der Waals surface area (Å²) in [6.07, 6.45) is 0.789. The third-order valence-electron chi connectivity index (χ3n) is 3.39. The predicted molar refractivity (Wildman–Crippen MR) is 86.6 cm³/mol. The third-order valence-corrected chi connectivity index (χ3v) is 4.08. The summed E-state index contributed by atoms with van der Waals surface area (Å²) in [5.74, 6) is -1.62. The molecule has 2 N–H and O–H groups in total. The van der Waals surface area contributed by atoms with Crippen LogP contribution in [0.3, 0.4) is 0 Å². The van der Waals surface area contributed by atoms with E-state index in [-0.39, 0.29) is 17.8 Å². The molecule has 1 aliphatic heterocycles. The van der Waals surface area contributed by atoms with Crippen molar-refractivity contribution in [2.45, 2.75) is 13.0 Å². The van der Waals surface area contributed by atoms with Gasteiger partial charge in [0.15, 0.2) is 11.2 Å². The topological polar surface area (TPSA) is 109 Å². The molecule has 0 spiro atoms. The molecule has 2 heterocycles. The van der Waals surface area contributed by atoms with Crippen LogP contribution in [-0.2, 0) is 9.59 Å². The van der Waals surface area contributed by atoms with Crippen molar-refractivity contribution in [3.63, 3.8) is 0 Å². The highest BCUT2D eigenvalue weighted by atomic mass is 32.1. The first-order chi connectivity index (χ1) is 11.5. The number of hydrogen-bond acceptors (Lipinski definition) is 6. The Kier molecular flexibility index (Phi) is 4.17. The number of thiazole rings is 1. The molecule has 1 aromatic carbocycles. The average molecular weight is 347 g/mol. The zero-order valence-corrected chi connectivity index (χ0v) is 13.4. The van der Waals surface area contributed by atoms with Gasteiger partial charge in [0.25, 0.3) is 5.91 Å². The van der Waals surface area contributed by atoms with Crippen LogP contribution in [0.15, 0.2) is 29.8 Å². The minimum atomic E-state index is -1.13. The monoisotopic (exact) mass is 347 g/mol. The minimum Gasteiger partial charge on any atom is -0.479 e. The fraction of sp³-hybridized carbons (Fsp3) is 0.200. The SMILES string of the molecule is CC1Oc2ccc(C(=O)O)cc2N(CC(=O)Nc2nccs2)C1=O. The minimum absolute atomic E-state index is 0.00466. The number of fused-ring (bicyclic) bond motifs is 1. The van der Waals surface area contributed by atoms with Crippen LogP contribution < -0.4 is 15.0 Å². The summed E-state index contributed by atoms with van der Waals surface area (Å²) < 4.78 is 5.47. The van der Waals surface area contributed by atoms with Crippen molar-refractivity contribution in [2.75, 3.05) is 16.8 Å². The first-order valence-corrected chi connectivity index (χ1v) is 7.88. The zero-order valence-electron chi connectivity index (χ0n) is 12.6. The molecule has 0 saturated carbocycles. The number of nitrogens with zero attached hydrogens (tertiary/aromatic N) is 2. The van der Waals surface area contributed by atoms with Gasteiger partial charge in [0.1, 0.15) is 12.3 Å². The Balaban J connectivity index is 1.88. The molecule has 0 fully saturated rings. The second-order valence-electron chi connectivity index (χ2n) is 5.06. The number of carbonyl (C=O) groups is 3. The summed E-state index contributed by atoms with van der Waals surface area (Å²) in [5, 5.41) is 13.8. The average Bonchev–Trinajstić information content (AvgIpc) is 3.04. The molecule has 0 aliphatic carbocycles. The number of aromatic carboxylic acids is 1. The van der Waals surface area contributed by atoms with E-state index in [1.54, 1.807) is 18.5 Å². The van der Waals surface area contributed by atoms with E-state index in [2.05, 4.69) is 10.3 Å². The van der Waals surface area contributed by atoms with E-state index >= 15 is 0 Å². The van der Waals surface area contributed by atoms with Crippen molar-refractivity contribution in [1.29, 1.82) is 0 Å². The number of carbonyl (C=O) groups excluding carboxylic acids is 2. The summed E-state index contributed by atoms with van der Waals surface area (Å²) in [5.41, 5.74) is 0.261. The quantitative estimate of drug-likeness (QED) is 0.869. The lowest BCUT2D eigenvalue weighted by Gasteiger charge is -2.32. The molecule has 2 amide bonds. The maximum absolute atomic E-state index is 12.4. The molecular formula is C15H13N3O5S. The van der Waals surface area contributed by atoms with E-state index in [4.69, 9.17) is 9.84 Å². The molecular weight excluding hydrogens is 334 g/mol. The van der Waals surface area contributed by atoms with Crippen LogP contribution in [0.1, 0.15) is 17.3 Å². The number of anilines is 2. The fourth-order valence-electron chi connectivity index (χ4n) is 2.29. The van der Waals surface area contributed by atoms with Gasteiger partial charge < -0.3 is 15.2 Å². The van der Waals surface area contributed by atoms with Gasteiger partial charge >= 0.3 is 5.97 Å². The standard InChI is InChI=1S/C15H13N3O5S/c1-8-13(20)18(7-12(19)17-15-16-4-5-24-15)10-6-9(14(21)22)2-3-11(10)23-8/h2-6,8H,7H2,1H3,(H,21,22)(H,16,17,19). The summed E-state index contributed by atoms with van der Waals surface area (Å²) >= 11 is 1.26. The number of hydrogen-bond donors (Lipinski definition) is 2. The molecule has 1 aromatic heterocycles. The van der Waals surface area contributed by atoms with E-state index in [9.17, 15) is 14.4 Å². The highest BCUT2D eigenvalue weighted by molar-refractivity contribution is 7.13. The number of nitrogens with one attached hydrogen (secondary N) is 1. The van der Waals surface area contributed by atoms with Crippen LogP contribution in [0.25, 0.3) is 0 Å². The molecule has 24 heavy (non-hydrogen) atoms. The summed E-state index contributed by atoms with van der Waals surface area (Å²) in [6.45, 7) is 1.31. The number of rotatable bonds is 4. The number of ether oxygens (including phenoxy) is 1. The van der Waals surface area contributed by atoms with E-state index in [1.165, 1.54) is 34.4 Å². The van der Waals surface area contributed by atoms with Gasteiger partial charge in [0.05, 0.1) is 11.3 Å². The fourth-order valence-corrected chi connectivity index (χ4v) is 2.84. The van der Waals surface area contributed by atoms with Gasteiger partial charge in [-0.1, -0.05) is 0 Å². The molecule has 0 bridgehead atoms. The smallest absolute Gasteiger partial charge is 0.335 e. The van der Waals surface area contributed by atoms with Gasteiger partial charge in [-0.25, -0.2) is 9.78 Å². The lowest BCUT2D eigenvalue weighted by atomic mass is 10.1. The maximum atomic E-state index is 12.4. The summed E-state index contributed by atoms with van der Waals surface area (Å²) in [7, 11) is 0. The Morgan fingerprint density at radius 1 is 1.46 bits per heavy atom. The molecule has 124 valence electrons. The summed E-state index contributed by atoms with van der Waals surface area (Å²) in [4.78, 5) is 40.8. The molecule has 9 heteroatoms. The third kappa shape index (κ3) is 3.06. The van der Waals surface area contributed by atoms with Crippen LogP contribution in [0.2, 0.25) is 0 Å². The van der Waals surface area contributed by atoms with Crippen molar-refractivity contribution < 1.29 is 24.2 Å². The number of amides is 2. The number of benzene rings is 1. The van der Waals surface area contributed by atoms with Gasteiger partial charge in [-0.05, 0) is 25.1 Å². The first kappa shape index (κ1) is 15.9. The van der Waals surface area contributed by atoms with Crippen molar-refractivity contribution in [3.05, 3.63) is 35.3 Å². The second-order valence-corrected chi connectivity index (χ2v) is 5.95. The molecule has 8 nitrogen and oxygen atoms in total. The number of carboxylic acid groups (broad SMARTS) is 1. The lowest BCUT2D eigenvalue weighted by molar-refractivity contribution is -0.127. The van der Waals surface area contributed by atoms with Gasteiger partial charge in [-0.15, -0.1) is 11.3 Å². The van der Waals surface area contributed by atoms with E-state index < -0.39 is 23.9 Å². The van der Waals surface area contributed by atoms with E-state index in [0.29, 0.717) is 10.9 Å². The number of carboxylic acids is 1. The molecule has 3 rings (SSSR count). The molecule has 1 unspecified atom stereocenters. The molecule has 2 aromatic rings. The Morgan fingerprint density at radius 3 is 2.92 bits per heavy atom. The Bertz CT molecular complexity index is 805. The van der Waals surface area contributed by atoms with Crippen molar-refractivity contribution >= 4 is 39.9 Å². The van der Waals surface area contributed by atoms with Gasteiger partial charge in [-0.3, -0.25) is 14.5 Å². The van der Waals surface area contributed by atoms with Gasteiger partial charge in [-0.2, -0.15) is 0 Å². The molecule has 1 aliphatic rings. The largest absolute Gasteiger partial charge is 0.479 e. The first-order valence-electron chi connectivity index (χ1n) is 7.00. The normalized spacial score (nSPS) is 16.3. The van der Waals surface area contributed by atoms with Crippen LogP contribution in [0, 0.1) is 0 Å². The van der Waals surface area contributed by atoms with Crippen molar-refractivity contribution in [3.8, 4) is 5.75 Å². The lowest BCUT2D eigenvalue weighted by Crippen LogP contribution is -2.47. The number of aromatic nitrogens is 1. The molecule has 0 radical (unpaired) electrons. The second kappa shape index (κ2) is 6.28. The van der Waals surface area contributed by atoms with Crippen LogP contribution in [-0.4, -0.2) is 40.5 Å². The van der Waals surface area contributed by atoms with Crippen molar-refractivity contribution in [2.24, 2.45) is 0 Å². The predicted octanol–water partition coefficient (Wildman–Crippen LogP) is 1.59. The van der Waals surface area contributed by atoms with Crippen LogP contribution in [0.4, 0.5) is 10.8 Å². The van der Waals surface area contributed by atoms with Crippen LogP contribution in [0.5, 0.6) is 5.75 Å². The van der Waals surface area contributed by atoms with Crippen LogP contribution >= 0.6 is 11.3 Å². The van der Waals surface area contributed by atoms with Gasteiger partial charge in [0.2, 0.25) is 5.91 Å². The Morgan fingerprint density at radius 2 is 2.25 bits per heavy atom. The van der Waals surface area contributed by atoms with Crippen molar-refractivity contribution in [1.82, 2.24) is 4.98 Å². The summed E-state index contributed by atoms with van der Waals surface area (Å²) in [6, 6.07) is 4.18. The van der Waals surface area contributed by atoms with E-state index in [1.807, 2.05) is 0 Å². The Hall–Kier alpha value is -2.94. The Labute approximate surface area is 140 Å². The highest BCUT2D eigenvalue weighted by Gasteiger charge is 2.33.